The van der Waals surface area contributed by atoms with Gasteiger partial charge in [-0.25, -0.2) is 0 Å². The van der Waals surface area contributed by atoms with Gasteiger partial charge in [-0.1, -0.05) is 33.6 Å². The maximum Gasteiger partial charge on any atom is 0.313 e. The van der Waals surface area contributed by atoms with Gasteiger partial charge in [0.15, 0.2) is 0 Å². The van der Waals surface area contributed by atoms with E-state index in [0.717, 1.165) is 31.4 Å². The smallest absolute Gasteiger partial charge is 0.313 e. The number of carbonyl (C=O) groups is 1. The summed E-state index contributed by atoms with van der Waals surface area (Å²) in [4.78, 5) is 11.5. The molecule has 0 fully saturated rings. The number of esters is 1. The van der Waals surface area contributed by atoms with Crippen LogP contribution in [-0.2, 0) is 9.53 Å². The highest BCUT2D eigenvalue weighted by Gasteiger charge is 2.19. The molecule has 0 amide bonds. The Hall–Kier alpha value is -0.790. The van der Waals surface area contributed by atoms with Gasteiger partial charge >= 0.3 is 5.97 Å². The highest BCUT2D eigenvalue weighted by molar-refractivity contribution is 5.72. The highest BCUT2D eigenvalue weighted by Crippen LogP contribution is 2.31. The number of hydrogen-bond acceptors (Lipinski definition) is 2. The summed E-state index contributed by atoms with van der Waals surface area (Å²) in [6, 6.07) is 0. The number of ether oxygens (including phenoxy) is 1. The predicted molar refractivity (Wildman–Crippen MR) is 65.9 cm³/mol. The lowest BCUT2D eigenvalue weighted by Crippen LogP contribution is -2.11. The Morgan fingerprint density at radius 3 is 2.69 bits per heavy atom. The van der Waals surface area contributed by atoms with Crippen LogP contribution in [-0.4, -0.2) is 5.97 Å². The van der Waals surface area contributed by atoms with Crippen molar-refractivity contribution in [3.05, 3.63) is 11.3 Å². The molecule has 0 aromatic rings. The van der Waals surface area contributed by atoms with Crippen LogP contribution in [0.2, 0.25) is 0 Å². The Balaban J connectivity index is 2.47. The third kappa shape index (κ3) is 3.99. The average Bonchev–Trinajstić information content (AvgIpc) is 2.66. The van der Waals surface area contributed by atoms with Gasteiger partial charge in [0.2, 0.25) is 0 Å². The molecule has 2 nitrogen and oxygen atoms in total. The molecule has 1 aliphatic rings. The van der Waals surface area contributed by atoms with Gasteiger partial charge in [-0.3, -0.25) is 4.79 Å². The van der Waals surface area contributed by atoms with Crippen molar-refractivity contribution in [1.82, 2.24) is 0 Å². The fourth-order valence-electron chi connectivity index (χ4n) is 1.99. The fourth-order valence-corrected chi connectivity index (χ4v) is 1.99. The van der Waals surface area contributed by atoms with Gasteiger partial charge in [-0.05, 0) is 31.3 Å². The SMILES string of the molecule is CCCCCC1=C(OC(=O)C(C)C)CCC1. The summed E-state index contributed by atoms with van der Waals surface area (Å²) in [5.41, 5.74) is 1.39. The van der Waals surface area contributed by atoms with Gasteiger partial charge in [0.1, 0.15) is 5.76 Å². The lowest BCUT2D eigenvalue weighted by atomic mass is 10.1. The zero-order chi connectivity index (χ0) is 12.0. The molecule has 0 N–H and O–H groups in total. The largest absolute Gasteiger partial charge is 0.431 e. The Bertz CT molecular complexity index is 264. The van der Waals surface area contributed by atoms with Crippen molar-refractivity contribution in [1.29, 1.82) is 0 Å². The van der Waals surface area contributed by atoms with E-state index in [4.69, 9.17) is 4.74 Å². The summed E-state index contributed by atoms with van der Waals surface area (Å²) < 4.78 is 5.46. The highest BCUT2D eigenvalue weighted by atomic mass is 16.5. The second kappa shape index (κ2) is 6.72. The molecule has 16 heavy (non-hydrogen) atoms. The van der Waals surface area contributed by atoms with Gasteiger partial charge in [0.25, 0.3) is 0 Å². The fraction of sp³-hybridized carbons (Fsp3) is 0.786. The molecule has 0 spiro atoms. The molecule has 0 saturated heterocycles. The Morgan fingerprint density at radius 2 is 2.06 bits per heavy atom. The standard InChI is InChI=1S/C14H24O2/c1-4-5-6-8-12-9-7-10-13(12)16-14(15)11(2)3/h11H,4-10H2,1-3H3. The van der Waals surface area contributed by atoms with Crippen LogP contribution < -0.4 is 0 Å². The summed E-state index contributed by atoms with van der Waals surface area (Å²) in [5.74, 6) is 0.879. The number of rotatable bonds is 6. The maximum absolute atomic E-state index is 11.5. The zero-order valence-corrected chi connectivity index (χ0v) is 10.8. The maximum atomic E-state index is 11.5. The number of carbonyl (C=O) groups excluding carboxylic acids is 1. The van der Waals surface area contributed by atoms with Crippen LogP contribution in [0.1, 0.15) is 65.7 Å². The van der Waals surface area contributed by atoms with E-state index >= 15 is 0 Å². The normalized spacial score (nSPS) is 16.0. The molecular weight excluding hydrogens is 200 g/mol. The quantitative estimate of drug-likeness (QED) is 0.499. The molecule has 92 valence electrons. The van der Waals surface area contributed by atoms with Crippen LogP contribution in [0.4, 0.5) is 0 Å². The monoisotopic (exact) mass is 224 g/mol. The molecule has 0 bridgehead atoms. The van der Waals surface area contributed by atoms with E-state index in [-0.39, 0.29) is 11.9 Å². The first-order valence-corrected chi connectivity index (χ1v) is 6.57. The molecular formula is C14H24O2. The van der Waals surface area contributed by atoms with E-state index in [9.17, 15) is 4.79 Å². The minimum Gasteiger partial charge on any atom is -0.431 e. The van der Waals surface area contributed by atoms with Crippen LogP contribution in [0.5, 0.6) is 0 Å². The zero-order valence-electron chi connectivity index (χ0n) is 10.8. The molecule has 0 unspecified atom stereocenters. The first kappa shape index (κ1) is 13.3. The van der Waals surface area contributed by atoms with Gasteiger partial charge in [-0.2, -0.15) is 0 Å². The molecule has 1 aliphatic carbocycles. The third-order valence-electron chi connectivity index (χ3n) is 3.05. The lowest BCUT2D eigenvalue weighted by Gasteiger charge is -2.10. The molecule has 0 aromatic carbocycles. The topological polar surface area (TPSA) is 26.3 Å². The van der Waals surface area contributed by atoms with Gasteiger partial charge in [0.05, 0.1) is 5.92 Å². The van der Waals surface area contributed by atoms with Gasteiger partial charge in [-0.15, -0.1) is 0 Å². The van der Waals surface area contributed by atoms with Gasteiger partial charge < -0.3 is 4.74 Å². The van der Waals surface area contributed by atoms with E-state index in [1.807, 2.05) is 13.8 Å². The van der Waals surface area contributed by atoms with E-state index in [2.05, 4.69) is 6.92 Å². The van der Waals surface area contributed by atoms with Crippen molar-refractivity contribution < 1.29 is 9.53 Å². The van der Waals surface area contributed by atoms with Crippen molar-refractivity contribution in [3.8, 4) is 0 Å². The Morgan fingerprint density at radius 1 is 1.31 bits per heavy atom. The molecule has 0 heterocycles. The number of hydrogen-bond donors (Lipinski definition) is 0. The summed E-state index contributed by atoms with van der Waals surface area (Å²) >= 11 is 0. The Labute approximate surface area is 99.1 Å². The lowest BCUT2D eigenvalue weighted by molar-refractivity contribution is -0.143. The van der Waals surface area contributed by atoms with Crippen molar-refractivity contribution in [2.45, 2.75) is 65.7 Å². The molecule has 0 atom stereocenters. The second-order valence-corrected chi connectivity index (χ2v) is 4.91. The molecule has 0 aliphatic heterocycles. The predicted octanol–water partition coefficient (Wildman–Crippen LogP) is 4.20. The Kier molecular flexibility index (Phi) is 5.58. The van der Waals surface area contributed by atoms with E-state index in [1.54, 1.807) is 0 Å². The van der Waals surface area contributed by atoms with E-state index in [1.165, 1.54) is 24.8 Å². The molecule has 0 radical (unpaired) electrons. The first-order chi connectivity index (χ1) is 7.65. The van der Waals surface area contributed by atoms with Crippen LogP contribution in [0.15, 0.2) is 11.3 Å². The van der Waals surface area contributed by atoms with Crippen LogP contribution in [0.3, 0.4) is 0 Å². The van der Waals surface area contributed by atoms with Gasteiger partial charge in [0, 0.05) is 6.42 Å². The van der Waals surface area contributed by atoms with Crippen molar-refractivity contribution in [2.24, 2.45) is 5.92 Å². The minimum atomic E-state index is -0.0788. The minimum absolute atomic E-state index is 0.0232. The second-order valence-electron chi connectivity index (χ2n) is 4.91. The summed E-state index contributed by atoms with van der Waals surface area (Å²) in [6.07, 6.45) is 8.11. The van der Waals surface area contributed by atoms with Crippen LogP contribution in [0, 0.1) is 5.92 Å². The third-order valence-corrected chi connectivity index (χ3v) is 3.05. The van der Waals surface area contributed by atoms with E-state index < -0.39 is 0 Å². The van der Waals surface area contributed by atoms with E-state index in [0.29, 0.717) is 0 Å². The summed E-state index contributed by atoms with van der Waals surface area (Å²) in [5, 5.41) is 0. The molecule has 1 rings (SSSR count). The summed E-state index contributed by atoms with van der Waals surface area (Å²) in [6.45, 7) is 5.98. The van der Waals surface area contributed by atoms with Crippen LogP contribution in [0.25, 0.3) is 0 Å². The molecule has 0 saturated carbocycles. The van der Waals surface area contributed by atoms with Crippen molar-refractivity contribution in [3.63, 3.8) is 0 Å². The number of unbranched alkanes of at least 4 members (excludes halogenated alkanes) is 2. The average molecular weight is 224 g/mol. The van der Waals surface area contributed by atoms with Crippen LogP contribution >= 0.6 is 0 Å². The number of allylic oxidation sites excluding steroid dienone is 2. The molecule has 0 aromatic heterocycles. The van der Waals surface area contributed by atoms with Crippen molar-refractivity contribution in [2.75, 3.05) is 0 Å². The first-order valence-electron chi connectivity index (χ1n) is 6.57. The summed E-state index contributed by atoms with van der Waals surface area (Å²) in [7, 11) is 0. The van der Waals surface area contributed by atoms with Crippen molar-refractivity contribution >= 4 is 5.97 Å². The molecule has 2 heteroatoms.